The number of hydrogen-bond acceptors (Lipinski definition) is 0. The zero-order valence-electron chi connectivity index (χ0n) is 5.23. The molecule has 0 heterocycles. The quantitative estimate of drug-likeness (QED) is 0.406. The van der Waals surface area contributed by atoms with Crippen molar-refractivity contribution in [1.82, 2.24) is 0 Å². The molecule has 0 nitrogen and oxygen atoms in total. The third-order valence-corrected chi connectivity index (χ3v) is 1.99. The van der Waals surface area contributed by atoms with Gasteiger partial charge in [0.05, 0.1) is 0 Å². The molecule has 1 rings (SSSR count). The minimum atomic E-state index is 0.500. The lowest BCUT2D eigenvalue weighted by Gasteiger charge is -2.34. The van der Waals surface area contributed by atoms with Crippen LogP contribution in [0, 0.1) is 11.3 Å². The van der Waals surface area contributed by atoms with Gasteiger partial charge in [0, 0.05) is 0 Å². The summed E-state index contributed by atoms with van der Waals surface area (Å²) >= 11 is 0. The molecule has 0 heteroatoms. The molecule has 0 amide bonds. The van der Waals surface area contributed by atoms with Gasteiger partial charge in [-0.3, -0.25) is 0 Å². The maximum Gasteiger partial charge on any atom is -0.0115 e. The Morgan fingerprint density at radius 3 is 1.86 bits per heavy atom. The topological polar surface area (TPSA) is 0 Å². The monoisotopic (exact) mass is 96.1 g/mol. The van der Waals surface area contributed by atoms with Crippen molar-refractivity contribution in [3.8, 4) is 0 Å². The first-order valence-electron chi connectivity index (χ1n) is 2.82. The summed E-state index contributed by atoms with van der Waals surface area (Å²) in [4.78, 5) is 0. The van der Waals surface area contributed by atoms with Gasteiger partial charge < -0.3 is 0 Å². The van der Waals surface area contributed by atoms with Crippen LogP contribution in [-0.4, -0.2) is 0 Å². The first-order chi connectivity index (χ1) is 3.13. The minimum Gasteiger partial charge on any atom is -0.0843 e. The van der Waals surface area contributed by atoms with Crippen LogP contribution < -0.4 is 0 Å². The molecule has 0 fully saturated rings. The number of rotatable bonds is 0. The maximum absolute atomic E-state index is 2.26. The molecule has 1 unspecified atom stereocenters. The van der Waals surface area contributed by atoms with Crippen LogP contribution in [0.25, 0.3) is 0 Å². The van der Waals surface area contributed by atoms with Crippen LogP contribution in [0.4, 0.5) is 0 Å². The van der Waals surface area contributed by atoms with Crippen LogP contribution in [-0.2, 0) is 0 Å². The Morgan fingerprint density at radius 1 is 1.43 bits per heavy atom. The van der Waals surface area contributed by atoms with Gasteiger partial charge >= 0.3 is 0 Å². The van der Waals surface area contributed by atoms with E-state index < -0.39 is 0 Å². The summed E-state index contributed by atoms with van der Waals surface area (Å²) in [5, 5.41) is 0. The van der Waals surface area contributed by atoms with Gasteiger partial charge in [0.1, 0.15) is 0 Å². The SMILES string of the molecule is CC1C=CC1(C)C. The molecule has 0 aromatic heterocycles. The van der Waals surface area contributed by atoms with E-state index in [0.717, 1.165) is 5.92 Å². The first kappa shape index (κ1) is 4.89. The van der Waals surface area contributed by atoms with Crippen molar-refractivity contribution in [2.75, 3.05) is 0 Å². The van der Waals surface area contributed by atoms with Crippen molar-refractivity contribution in [2.45, 2.75) is 20.8 Å². The fourth-order valence-electron chi connectivity index (χ4n) is 0.674. The van der Waals surface area contributed by atoms with Gasteiger partial charge in [0.15, 0.2) is 0 Å². The highest BCUT2D eigenvalue weighted by atomic mass is 14.3. The molecule has 0 radical (unpaired) electrons. The Balaban J connectivity index is 2.64. The van der Waals surface area contributed by atoms with Gasteiger partial charge in [-0.1, -0.05) is 32.9 Å². The van der Waals surface area contributed by atoms with Crippen molar-refractivity contribution in [1.29, 1.82) is 0 Å². The molecule has 40 valence electrons. The lowest BCUT2D eigenvalue weighted by molar-refractivity contribution is 0.321. The van der Waals surface area contributed by atoms with Gasteiger partial charge in [0.25, 0.3) is 0 Å². The zero-order valence-corrected chi connectivity index (χ0v) is 5.23. The summed E-state index contributed by atoms with van der Waals surface area (Å²) in [5.41, 5.74) is 0.500. The summed E-state index contributed by atoms with van der Waals surface area (Å²) in [7, 11) is 0. The summed E-state index contributed by atoms with van der Waals surface area (Å²) < 4.78 is 0. The van der Waals surface area contributed by atoms with Gasteiger partial charge in [-0.2, -0.15) is 0 Å². The Labute approximate surface area is 45.2 Å². The molecule has 0 N–H and O–H groups in total. The van der Waals surface area contributed by atoms with Crippen molar-refractivity contribution in [3.05, 3.63) is 12.2 Å². The smallest absolute Gasteiger partial charge is 0.0115 e. The highest BCUT2D eigenvalue weighted by molar-refractivity contribution is 5.13. The van der Waals surface area contributed by atoms with Crippen LogP contribution in [0.2, 0.25) is 0 Å². The molecule has 1 aliphatic rings. The standard InChI is InChI=1S/C7H12/c1-6-4-5-7(6,2)3/h4-6H,1-3H3. The zero-order chi connectivity index (χ0) is 5.49. The molecule has 0 saturated carbocycles. The van der Waals surface area contributed by atoms with Gasteiger partial charge in [-0.05, 0) is 11.3 Å². The molecule has 0 aliphatic heterocycles. The lowest BCUT2D eigenvalue weighted by atomic mass is 9.71. The molecule has 7 heavy (non-hydrogen) atoms. The second-order valence-electron chi connectivity index (χ2n) is 2.97. The Bertz CT molecular complexity index is 98.6. The van der Waals surface area contributed by atoms with Crippen LogP contribution in [0.15, 0.2) is 12.2 Å². The fraction of sp³-hybridized carbons (Fsp3) is 0.714. The van der Waals surface area contributed by atoms with Crippen LogP contribution in [0.5, 0.6) is 0 Å². The van der Waals surface area contributed by atoms with Crippen LogP contribution in [0.1, 0.15) is 20.8 Å². The molecule has 0 saturated heterocycles. The van der Waals surface area contributed by atoms with E-state index in [9.17, 15) is 0 Å². The van der Waals surface area contributed by atoms with Crippen LogP contribution >= 0.6 is 0 Å². The highest BCUT2D eigenvalue weighted by Gasteiger charge is 2.27. The molecule has 0 aromatic carbocycles. The summed E-state index contributed by atoms with van der Waals surface area (Å²) in [5.74, 6) is 0.799. The average molecular weight is 96.2 g/mol. The van der Waals surface area contributed by atoms with Crippen molar-refractivity contribution >= 4 is 0 Å². The molecule has 1 aliphatic carbocycles. The van der Waals surface area contributed by atoms with E-state index in [-0.39, 0.29) is 0 Å². The van der Waals surface area contributed by atoms with E-state index in [0.29, 0.717) is 5.41 Å². The van der Waals surface area contributed by atoms with E-state index in [2.05, 4.69) is 32.9 Å². The predicted molar refractivity (Wildman–Crippen MR) is 32.1 cm³/mol. The third-order valence-electron chi connectivity index (χ3n) is 1.99. The summed E-state index contributed by atoms with van der Waals surface area (Å²) in [6.45, 7) is 6.77. The summed E-state index contributed by atoms with van der Waals surface area (Å²) in [6, 6.07) is 0. The number of hydrogen-bond donors (Lipinski definition) is 0. The predicted octanol–water partition coefficient (Wildman–Crippen LogP) is 2.22. The van der Waals surface area contributed by atoms with Gasteiger partial charge in [-0.15, -0.1) is 0 Å². The molecular formula is C7H12. The van der Waals surface area contributed by atoms with E-state index in [1.165, 1.54) is 0 Å². The normalized spacial score (nSPS) is 35.0. The Kier molecular flexibility index (Phi) is 0.781. The molecule has 0 bridgehead atoms. The Morgan fingerprint density at radius 2 is 1.86 bits per heavy atom. The highest BCUT2D eigenvalue weighted by Crippen LogP contribution is 2.37. The van der Waals surface area contributed by atoms with Crippen molar-refractivity contribution < 1.29 is 0 Å². The molecular weight excluding hydrogens is 84.1 g/mol. The molecule has 0 aromatic rings. The molecule has 0 spiro atoms. The van der Waals surface area contributed by atoms with Crippen molar-refractivity contribution in [2.24, 2.45) is 11.3 Å². The largest absolute Gasteiger partial charge is 0.0843 e. The van der Waals surface area contributed by atoms with E-state index in [1.54, 1.807) is 0 Å². The van der Waals surface area contributed by atoms with Gasteiger partial charge in [-0.25, -0.2) is 0 Å². The van der Waals surface area contributed by atoms with Gasteiger partial charge in [0.2, 0.25) is 0 Å². The summed E-state index contributed by atoms with van der Waals surface area (Å²) in [6.07, 6.45) is 4.51. The number of allylic oxidation sites excluding steroid dienone is 2. The Hall–Kier alpha value is -0.260. The maximum atomic E-state index is 2.26. The second kappa shape index (κ2) is 1.12. The van der Waals surface area contributed by atoms with Crippen LogP contribution in [0.3, 0.4) is 0 Å². The molecule has 1 atom stereocenters. The third kappa shape index (κ3) is 0.583. The minimum absolute atomic E-state index is 0.500. The lowest BCUT2D eigenvalue weighted by Crippen LogP contribution is -2.24. The van der Waals surface area contributed by atoms with E-state index >= 15 is 0 Å². The fourth-order valence-corrected chi connectivity index (χ4v) is 0.674. The average Bonchev–Trinajstić information content (AvgIpc) is 1.63. The van der Waals surface area contributed by atoms with Crippen molar-refractivity contribution in [3.63, 3.8) is 0 Å². The first-order valence-corrected chi connectivity index (χ1v) is 2.82. The van der Waals surface area contributed by atoms with E-state index in [1.807, 2.05) is 0 Å². The second-order valence-corrected chi connectivity index (χ2v) is 2.97. The van der Waals surface area contributed by atoms with E-state index in [4.69, 9.17) is 0 Å².